The van der Waals surface area contributed by atoms with E-state index < -0.39 is 0 Å². The first-order valence-corrected chi connectivity index (χ1v) is 7.06. The van der Waals surface area contributed by atoms with E-state index in [4.69, 9.17) is 0 Å². The summed E-state index contributed by atoms with van der Waals surface area (Å²) in [5.74, 6) is 0.521. The molecule has 0 amide bonds. The van der Waals surface area contributed by atoms with Crippen molar-refractivity contribution in [3.8, 4) is 0 Å². The van der Waals surface area contributed by atoms with Crippen LogP contribution < -0.4 is 5.32 Å². The molecule has 22 heavy (non-hydrogen) atoms. The van der Waals surface area contributed by atoms with Crippen molar-refractivity contribution >= 4 is 27.9 Å². The molecule has 0 radical (unpaired) electrons. The molecular weight excluding hydrogens is 274 g/mol. The predicted molar refractivity (Wildman–Crippen MR) is 86.4 cm³/mol. The fourth-order valence-corrected chi connectivity index (χ4v) is 2.39. The summed E-state index contributed by atoms with van der Waals surface area (Å²) < 4.78 is 0. The molecule has 2 aromatic carbocycles. The van der Waals surface area contributed by atoms with Gasteiger partial charge in [0.2, 0.25) is 5.95 Å². The minimum atomic E-state index is 0.521. The Bertz CT molecular complexity index is 937. The Morgan fingerprint density at radius 2 is 1.64 bits per heavy atom. The zero-order chi connectivity index (χ0) is 14.8. The molecule has 2 aromatic heterocycles. The number of anilines is 1. The third kappa shape index (κ3) is 2.33. The molecule has 0 aliphatic heterocycles. The Kier molecular flexibility index (Phi) is 3.08. The molecule has 4 rings (SSSR count). The van der Waals surface area contributed by atoms with E-state index in [0.29, 0.717) is 18.0 Å². The second-order valence-electron chi connectivity index (χ2n) is 4.98. The van der Waals surface area contributed by atoms with Crippen molar-refractivity contribution in [3.05, 3.63) is 66.4 Å². The van der Waals surface area contributed by atoms with Crippen molar-refractivity contribution in [1.29, 1.82) is 0 Å². The van der Waals surface area contributed by atoms with Gasteiger partial charge in [-0.05, 0) is 11.6 Å². The van der Waals surface area contributed by atoms with Crippen molar-refractivity contribution in [1.82, 2.24) is 20.2 Å². The first kappa shape index (κ1) is 12.6. The monoisotopic (exact) mass is 287 g/mol. The number of para-hydroxylation sites is 1. The standard InChI is InChI=1S/C17H13N5/c1-2-6-12(7-3-1)10-19-17-20-16-13-8-4-5-9-14(13)18-11-15(16)21-22-17/h1-9,11H,10H2,(H,19,20,22). The normalized spacial score (nSPS) is 10.9. The molecule has 0 spiro atoms. The summed E-state index contributed by atoms with van der Waals surface area (Å²) in [5.41, 5.74) is 3.59. The van der Waals surface area contributed by atoms with Gasteiger partial charge in [-0.1, -0.05) is 48.5 Å². The summed E-state index contributed by atoms with van der Waals surface area (Å²) in [6, 6.07) is 18.0. The predicted octanol–water partition coefficient (Wildman–Crippen LogP) is 3.19. The van der Waals surface area contributed by atoms with Crippen molar-refractivity contribution in [2.24, 2.45) is 0 Å². The number of hydrogen-bond donors (Lipinski definition) is 1. The fourth-order valence-electron chi connectivity index (χ4n) is 2.39. The molecule has 0 aliphatic rings. The van der Waals surface area contributed by atoms with Gasteiger partial charge in [-0.2, -0.15) is 0 Å². The number of hydrogen-bond acceptors (Lipinski definition) is 5. The number of aromatic nitrogens is 4. The zero-order valence-corrected chi connectivity index (χ0v) is 11.8. The summed E-state index contributed by atoms with van der Waals surface area (Å²) in [6.07, 6.45) is 1.71. The zero-order valence-electron chi connectivity index (χ0n) is 11.8. The minimum Gasteiger partial charge on any atom is -0.349 e. The molecule has 1 N–H and O–H groups in total. The summed E-state index contributed by atoms with van der Waals surface area (Å²) in [7, 11) is 0. The summed E-state index contributed by atoms with van der Waals surface area (Å²) in [5, 5.41) is 12.5. The van der Waals surface area contributed by atoms with Crippen molar-refractivity contribution in [2.45, 2.75) is 6.54 Å². The first-order chi connectivity index (χ1) is 10.9. The van der Waals surface area contributed by atoms with Crippen LogP contribution in [0.3, 0.4) is 0 Å². The van der Waals surface area contributed by atoms with Crippen LogP contribution in [0.25, 0.3) is 21.9 Å². The first-order valence-electron chi connectivity index (χ1n) is 7.06. The topological polar surface area (TPSA) is 63.6 Å². The van der Waals surface area contributed by atoms with Gasteiger partial charge >= 0.3 is 0 Å². The lowest BCUT2D eigenvalue weighted by atomic mass is 10.2. The molecule has 4 aromatic rings. The number of nitrogens with zero attached hydrogens (tertiary/aromatic N) is 4. The van der Waals surface area contributed by atoms with Gasteiger partial charge in [0.25, 0.3) is 0 Å². The lowest BCUT2D eigenvalue weighted by molar-refractivity contribution is 0.983. The lowest BCUT2D eigenvalue weighted by Gasteiger charge is -2.06. The molecule has 0 bridgehead atoms. The molecular formula is C17H13N5. The van der Waals surface area contributed by atoms with Crippen LogP contribution in [0, 0.1) is 0 Å². The highest BCUT2D eigenvalue weighted by atomic mass is 15.2. The SMILES string of the molecule is c1ccc(CNc2nnc3cnc4ccccc4c3n2)cc1. The Hall–Kier alpha value is -3.08. The van der Waals surface area contributed by atoms with Crippen LogP contribution in [0.5, 0.6) is 0 Å². The highest BCUT2D eigenvalue weighted by molar-refractivity contribution is 6.01. The van der Waals surface area contributed by atoms with Crippen molar-refractivity contribution in [2.75, 3.05) is 5.32 Å². The maximum Gasteiger partial charge on any atom is 0.243 e. The van der Waals surface area contributed by atoms with Gasteiger partial charge in [0.05, 0.1) is 11.7 Å². The van der Waals surface area contributed by atoms with E-state index in [1.54, 1.807) is 6.20 Å². The van der Waals surface area contributed by atoms with E-state index in [1.165, 1.54) is 5.56 Å². The van der Waals surface area contributed by atoms with Crippen LogP contribution in [0.4, 0.5) is 5.95 Å². The van der Waals surface area contributed by atoms with E-state index in [9.17, 15) is 0 Å². The Morgan fingerprint density at radius 1 is 0.818 bits per heavy atom. The van der Waals surface area contributed by atoms with Gasteiger partial charge in [0.15, 0.2) is 0 Å². The number of pyridine rings is 1. The Balaban J connectivity index is 1.71. The minimum absolute atomic E-state index is 0.521. The molecule has 0 aliphatic carbocycles. The molecule has 0 atom stereocenters. The Morgan fingerprint density at radius 3 is 2.55 bits per heavy atom. The van der Waals surface area contributed by atoms with Crippen LogP contribution in [0.15, 0.2) is 60.8 Å². The van der Waals surface area contributed by atoms with E-state index in [2.05, 4.69) is 37.6 Å². The summed E-state index contributed by atoms with van der Waals surface area (Å²) >= 11 is 0. The third-order valence-corrected chi connectivity index (χ3v) is 3.49. The second kappa shape index (κ2) is 5.37. The van der Waals surface area contributed by atoms with Crippen LogP contribution in [-0.4, -0.2) is 20.2 Å². The summed E-state index contributed by atoms with van der Waals surface area (Å²) in [6.45, 7) is 0.664. The van der Waals surface area contributed by atoms with E-state index in [-0.39, 0.29) is 0 Å². The fraction of sp³-hybridized carbons (Fsp3) is 0.0588. The van der Waals surface area contributed by atoms with Crippen molar-refractivity contribution < 1.29 is 0 Å². The number of benzene rings is 2. The van der Waals surface area contributed by atoms with Gasteiger partial charge in [0, 0.05) is 11.9 Å². The van der Waals surface area contributed by atoms with Gasteiger partial charge in [-0.15, -0.1) is 10.2 Å². The van der Waals surface area contributed by atoms with E-state index >= 15 is 0 Å². The third-order valence-electron chi connectivity index (χ3n) is 3.49. The van der Waals surface area contributed by atoms with Crippen LogP contribution in [0.1, 0.15) is 5.56 Å². The number of nitrogens with one attached hydrogen (secondary N) is 1. The maximum atomic E-state index is 4.59. The highest BCUT2D eigenvalue weighted by Crippen LogP contribution is 2.20. The van der Waals surface area contributed by atoms with E-state index in [0.717, 1.165) is 16.4 Å². The van der Waals surface area contributed by atoms with E-state index in [1.807, 2.05) is 42.5 Å². The van der Waals surface area contributed by atoms with Gasteiger partial charge in [-0.25, -0.2) is 4.98 Å². The molecule has 5 heteroatoms. The number of fused-ring (bicyclic) bond motifs is 3. The highest BCUT2D eigenvalue weighted by Gasteiger charge is 2.06. The molecule has 5 nitrogen and oxygen atoms in total. The maximum absolute atomic E-state index is 4.59. The molecule has 106 valence electrons. The lowest BCUT2D eigenvalue weighted by Crippen LogP contribution is -2.05. The smallest absolute Gasteiger partial charge is 0.243 e. The van der Waals surface area contributed by atoms with Crippen LogP contribution in [-0.2, 0) is 6.54 Å². The molecule has 0 unspecified atom stereocenters. The largest absolute Gasteiger partial charge is 0.349 e. The molecule has 0 saturated carbocycles. The van der Waals surface area contributed by atoms with Gasteiger partial charge < -0.3 is 5.32 Å². The van der Waals surface area contributed by atoms with Gasteiger partial charge in [-0.3, -0.25) is 4.98 Å². The quantitative estimate of drug-likeness (QED) is 0.586. The van der Waals surface area contributed by atoms with Crippen LogP contribution >= 0.6 is 0 Å². The van der Waals surface area contributed by atoms with Crippen LogP contribution in [0.2, 0.25) is 0 Å². The van der Waals surface area contributed by atoms with Gasteiger partial charge in [0.1, 0.15) is 11.0 Å². The molecule has 2 heterocycles. The molecule has 0 fully saturated rings. The number of rotatable bonds is 3. The molecule has 0 saturated heterocycles. The van der Waals surface area contributed by atoms with Crippen molar-refractivity contribution in [3.63, 3.8) is 0 Å². The second-order valence-corrected chi connectivity index (χ2v) is 4.98. The Labute approximate surface area is 127 Å². The average Bonchev–Trinajstić information content (AvgIpc) is 2.60. The average molecular weight is 287 g/mol. The summed E-state index contributed by atoms with van der Waals surface area (Å²) in [4.78, 5) is 8.96.